The van der Waals surface area contributed by atoms with Crippen molar-refractivity contribution in [2.45, 2.75) is 39.7 Å². The minimum Gasteiger partial charge on any atom is -0.396 e. The third-order valence-corrected chi connectivity index (χ3v) is 5.90. The van der Waals surface area contributed by atoms with Crippen molar-refractivity contribution in [2.75, 3.05) is 13.2 Å². The van der Waals surface area contributed by atoms with Gasteiger partial charge in [-0.1, -0.05) is 56.8 Å². The molecule has 0 aromatic heterocycles. The monoisotopic (exact) mass is 338 g/mol. The molecule has 2 aromatic rings. The summed E-state index contributed by atoms with van der Waals surface area (Å²) in [7, 11) is 0. The molecule has 1 saturated carbocycles. The topological polar surface area (TPSA) is 29.5 Å². The van der Waals surface area contributed by atoms with Crippen LogP contribution in [0.2, 0.25) is 0 Å². The molecule has 0 heterocycles. The molecular formula is C23H30O2. The summed E-state index contributed by atoms with van der Waals surface area (Å²) in [6, 6.07) is 15.0. The molecule has 0 amide bonds. The van der Waals surface area contributed by atoms with Crippen molar-refractivity contribution >= 4 is 16.3 Å². The first-order valence-electron chi connectivity index (χ1n) is 9.38. The van der Waals surface area contributed by atoms with E-state index in [0.29, 0.717) is 6.61 Å². The predicted octanol–water partition coefficient (Wildman–Crippen LogP) is 5.30. The third kappa shape index (κ3) is 3.51. The summed E-state index contributed by atoms with van der Waals surface area (Å²) < 4.78 is 6.09. The second-order valence-corrected chi connectivity index (χ2v) is 7.94. The number of hydrogen-bond acceptors (Lipinski definition) is 2. The Hall–Kier alpha value is -1.64. The first kappa shape index (κ1) is 18.2. The Morgan fingerprint density at radius 1 is 1.20 bits per heavy atom. The van der Waals surface area contributed by atoms with Crippen LogP contribution in [0.3, 0.4) is 0 Å². The van der Waals surface area contributed by atoms with Gasteiger partial charge in [-0.25, -0.2) is 0 Å². The van der Waals surface area contributed by atoms with Gasteiger partial charge in [0.15, 0.2) is 0 Å². The molecule has 1 aliphatic carbocycles. The van der Waals surface area contributed by atoms with E-state index in [2.05, 4.69) is 62.9 Å². The lowest BCUT2D eigenvalue weighted by Crippen LogP contribution is -2.47. The van der Waals surface area contributed by atoms with E-state index < -0.39 is 0 Å². The number of benzene rings is 2. The van der Waals surface area contributed by atoms with Crippen molar-refractivity contribution in [3.8, 4) is 0 Å². The van der Waals surface area contributed by atoms with Crippen LogP contribution in [0.25, 0.3) is 16.3 Å². The number of aliphatic hydroxyl groups is 1. The van der Waals surface area contributed by atoms with Gasteiger partial charge in [0.1, 0.15) is 0 Å². The van der Waals surface area contributed by atoms with E-state index in [1.807, 2.05) is 6.92 Å². The number of ether oxygens (including phenoxy) is 1. The van der Waals surface area contributed by atoms with Crippen molar-refractivity contribution in [3.63, 3.8) is 0 Å². The summed E-state index contributed by atoms with van der Waals surface area (Å²) in [5, 5.41) is 12.6. The predicted molar refractivity (Wildman–Crippen MR) is 105 cm³/mol. The number of rotatable bonds is 5. The molecule has 2 aromatic carbocycles. The highest BCUT2D eigenvalue weighted by molar-refractivity contribution is 5.86. The van der Waals surface area contributed by atoms with E-state index in [-0.39, 0.29) is 30.0 Å². The van der Waals surface area contributed by atoms with Gasteiger partial charge in [-0.05, 0) is 59.1 Å². The largest absolute Gasteiger partial charge is 0.396 e. The molecule has 1 N–H and O–H groups in total. The molecule has 0 radical (unpaired) electrons. The molecule has 3 atom stereocenters. The average Bonchev–Trinajstić information content (AvgIpc) is 2.62. The van der Waals surface area contributed by atoms with Gasteiger partial charge >= 0.3 is 0 Å². The summed E-state index contributed by atoms with van der Waals surface area (Å²) in [6.45, 7) is 11.8. The maximum atomic E-state index is 10.1. The van der Waals surface area contributed by atoms with E-state index in [9.17, 15) is 5.11 Å². The number of allylic oxidation sites excluding steroid dienone is 1. The lowest BCUT2D eigenvalue weighted by Gasteiger charge is -2.47. The molecule has 134 valence electrons. The summed E-state index contributed by atoms with van der Waals surface area (Å²) in [5.41, 5.74) is 2.39. The Morgan fingerprint density at radius 2 is 1.92 bits per heavy atom. The second kappa shape index (κ2) is 7.31. The molecule has 2 nitrogen and oxygen atoms in total. The zero-order chi connectivity index (χ0) is 18.0. The minimum absolute atomic E-state index is 0.0680. The van der Waals surface area contributed by atoms with Gasteiger partial charge < -0.3 is 9.84 Å². The number of fused-ring (bicyclic) bond motifs is 1. The number of aliphatic hydroxyl groups excluding tert-OH is 1. The zero-order valence-electron chi connectivity index (χ0n) is 15.7. The van der Waals surface area contributed by atoms with E-state index in [1.165, 1.54) is 16.3 Å². The van der Waals surface area contributed by atoms with Crippen LogP contribution in [0.15, 0.2) is 49.0 Å². The maximum absolute atomic E-state index is 10.1. The van der Waals surface area contributed by atoms with Crippen LogP contribution in [0.1, 0.15) is 39.2 Å². The fraction of sp³-hybridized carbons (Fsp3) is 0.478. The molecule has 0 spiro atoms. The Balaban J connectivity index is 1.91. The Morgan fingerprint density at radius 3 is 2.60 bits per heavy atom. The lowest BCUT2D eigenvalue weighted by molar-refractivity contribution is -0.105. The van der Waals surface area contributed by atoms with Gasteiger partial charge in [-0.15, -0.1) is 0 Å². The smallest absolute Gasteiger partial charge is 0.0681 e. The normalized spacial score (nSPS) is 25.8. The molecule has 0 saturated heterocycles. The van der Waals surface area contributed by atoms with Crippen LogP contribution in [0, 0.1) is 17.3 Å². The summed E-state index contributed by atoms with van der Waals surface area (Å²) in [6.07, 6.45) is 2.21. The molecule has 1 fully saturated rings. The Kier molecular flexibility index (Phi) is 5.31. The van der Waals surface area contributed by atoms with E-state index in [4.69, 9.17) is 4.74 Å². The van der Waals surface area contributed by atoms with Crippen LogP contribution < -0.4 is 0 Å². The highest BCUT2D eigenvalue weighted by atomic mass is 16.5. The van der Waals surface area contributed by atoms with Gasteiger partial charge in [0.25, 0.3) is 0 Å². The third-order valence-electron chi connectivity index (χ3n) is 5.90. The maximum Gasteiger partial charge on any atom is 0.0681 e. The standard InChI is InChI=1S/C23H30O2/c1-5-25-22-21(15-24)20(12-13-23(22,3)4)16(2)18-11-10-17-8-6-7-9-19(17)14-18/h6-11,14,20-22,24H,2,5,12-13,15H2,1,3-4H3. The van der Waals surface area contributed by atoms with Crippen LogP contribution in [-0.4, -0.2) is 24.4 Å². The van der Waals surface area contributed by atoms with Crippen LogP contribution >= 0.6 is 0 Å². The van der Waals surface area contributed by atoms with E-state index in [0.717, 1.165) is 18.4 Å². The molecule has 1 aliphatic rings. The second-order valence-electron chi connectivity index (χ2n) is 7.94. The van der Waals surface area contributed by atoms with Crippen molar-refractivity contribution in [3.05, 3.63) is 54.6 Å². The Bertz CT molecular complexity index is 747. The molecule has 3 unspecified atom stereocenters. The summed E-state index contributed by atoms with van der Waals surface area (Å²) >= 11 is 0. The lowest BCUT2D eigenvalue weighted by atomic mass is 9.62. The highest BCUT2D eigenvalue weighted by Crippen LogP contribution is 2.48. The number of hydrogen-bond donors (Lipinski definition) is 1. The van der Waals surface area contributed by atoms with Crippen LogP contribution in [-0.2, 0) is 4.74 Å². The minimum atomic E-state index is 0.0680. The average molecular weight is 338 g/mol. The molecule has 0 bridgehead atoms. The highest BCUT2D eigenvalue weighted by Gasteiger charge is 2.45. The van der Waals surface area contributed by atoms with Crippen molar-refractivity contribution in [2.24, 2.45) is 17.3 Å². The SMILES string of the molecule is C=C(c1ccc2ccccc2c1)C1CCC(C)(C)C(OCC)C1CO. The molecular weight excluding hydrogens is 308 g/mol. The van der Waals surface area contributed by atoms with Crippen LogP contribution in [0.4, 0.5) is 0 Å². The summed E-state index contributed by atoms with van der Waals surface area (Å²) in [4.78, 5) is 0. The first-order chi connectivity index (χ1) is 12.0. The van der Waals surface area contributed by atoms with Crippen molar-refractivity contribution in [1.29, 1.82) is 0 Å². The van der Waals surface area contributed by atoms with Gasteiger partial charge in [0.2, 0.25) is 0 Å². The van der Waals surface area contributed by atoms with Gasteiger partial charge in [0, 0.05) is 19.1 Å². The summed E-state index contributed by atoms with van der Waals surface area (Å²) in [5.74, 6) is 0.360. The zero-order valence-corrected chi connectivity index (χ0v) is 15.7. The van der Waals surface area contributed by atoms with Crippen LogP contribution in [0.5, 0.6) is 0 Å². The van der Waals surface area contributed by atoms with E-state index >= 15 is 0 Å². The quantitative estimate of drug-likeness (QED) is 0.801. The van der Waals surface area contributed by atoms with Gasteiger partial charge in [-0.2, -0.15) is 0 Å². The Labute approximate surface area is 151 Å². The molecule has 0 aliphatic heterocycles. The molecule has 2 heteroatoms. The van der Waals surface area contributed by atoms with Crippen molar-refractivity contribution in [1.82, 2.24) is 0 Å². The van der Waals surface area contributed by atoms with E-state index in [1.54, 1.807) is 0 Å². The van der Waals surface area contributed by atoms with Gasteiger partial charge in [-0.3, -0.25) is 0 Å². The first-order valence-corrected chi connectivity index (χ1v) is 9.38. The fourth-order valence-electron chi connectivity index (χ4n) is 4.46. The van der Waals surface area contributed by atoms with Crippen molar-refractivity contribution < 1.29 is 9.84 Å². The fourth-order valence-corrected chi connectivity index (χ4v) is 4.46. The van der Waals surface area contributed by atoms with Gasteiger partial charge in [0.05, 0.1) is 6.10 Å². The molecule has 3 rings (SSSR count). The molecule has 25 heavy (non-hydrogen) atoms.